The molecule has 0 aliphatic carbocycles. The molecular formula is C24H36BClN2O5. The smallest absolute Gasteiger partial charge is 0.444 e. The fourth-order valence-electron chi connectivity index (χ4n) is 4.30. The molecule has 3 rings (SSSR count). The van der Waals surface area contributed by atoms with Gasteiger partial charge in [0.05, 0.1) is 23.3 Å². The number of carbonyl (C=O) groups excluding carboxylic acids is 2. The van der Waals surface area contributed by atoms with Crippen molar-refractivity contribution < 1.29 is 23.6 Å². The molecule has 0 unspecified atom stereocenters. The van der Waals surface area contributed by atoms with Crippen molar-refractivity contribution in [3.8, 4) is 0 Å². The van der Waals surface area contributed by atoms with Crippen molar-refractivity contribution in [3.05, 3.63) is 28.8 Å². The first-order chi connectivity index (χ1) is 15.0. The van der Waals surface area contributed by atoms with E-state index >= 15 is 0 Å². The zero-order valence-electron chi connectivity index (χ0n) is 21.2. The minimum atomic E-state index is -0.607. The molecule has 0 aromatic heterocycles. The topological polar surface area (TPSA) is 68.3 Å². The monoisotopic (exact) mass is 478 g/mol. The minimum Gasteiger partial charge on any atom is -0.444 e. The molecule has 0 saturated carbocycles. The number of piperazine rings is 1. The molecule has 2 aliphatic heterocycles. The SMILES string of the molecule is CC(=O)N1CCN(C(=O)OC(C)(C)C)[C@H](C)[C@H]1c1cc(Cl)cc(B2OC(C)(C)C(C)(C)O2)c1. The van der Waals surface area contributed by atoms with Gasteiger partial charge < -0.3 is 23.8 Å². The fraction of sp³-hybridized carbons (Fsp3) is 0.667. The first kappa shape index (κ1) is 25.9. The van der Waals surface area contributed by atoms with Crippen LogP contribution in [0.25, 0.3) is 0 Å². The summed E-state index contributed by atoms with van der Waals surface area (Å²) in [5.74, 6) is -0.0622. The van der Waals surface area contributed by atoms with Gasteiger partial charge in [0.2, 0.25) is 5.91 Å². The second-order valence-electron chi connectivity index (χ2n) is 11.0. The highest BCUT2D eigenvalue weighted by Crippen LogP contribution is 2.38. The first-order valence-corrected chi connectivity index (χ1v) is 11.8. The Labute approximate surface area is 202 Å². The molecule has 7 nitrogen and oxygen atoms in total. The van der Waals surface area contributed by atoms with E-state index in [1.54, 1.807) is 16.7 Å². The van der Waals surface area contributed by atoms with Crippen LogP contribution in [-0.4, -0.2) is 64.9 Å². The molecule has 9 heteroatoms. The maximum absolute atomic E-state index is 12.9. The first-order valence-electron chi connectivity index (χ1n) is 11.5. The van der Waals surface area contributed by atoms with Crippen molar-refractivity contribution in [3.63, 3.8) is 0 Å². The van der Waals surface area contributed by atoms with Crippen LogP contribution < -0.4 is 5.46 Å². The highest BCUT2D eigenvalue weighted by molar-refractivity contribution is 6.62. The molecule has 0 radical (unpaired) electrons. The summed E-state index contributed by atoms with van der Waals surface area (Å²) in [6.45, 7) is 17.8. The van der Waals surface area contributed by atoms with Crippen molar-refractivity contribution in [2.45, 2.75) is 91.2 Å². The van der Waals surface area contributed by atoms with Gasteiger partial charge in [0, 0.05) is 25.0 Å². The maximum Gasteiger partial charge on any atom is 0.494 e. The highest BCUT2D eigenvalue weighted by atomic mass is 35.5. The quantitative estimate of drug-likeness (QED) is 0.597. The van der Waals surface area contributed by atoms with Gasteiger partial charge in [-0.05, 0) is 78.5 Å². The largest absolute Gasteiger partial charge is 0.494 e. The van der Waals surface area contributed by atoms with Gasteiger partial charge in [-0.15, -0.1) is 0 Å². The summed E-state index contributed by atoms with van der Waals surface area (Å²) < 4.78 is 18.1. The van der Waals surface area contributed by atoms with E-state index in [9.17, 15) is 9.59 Å². The summed E-state index contributed by atoms with van der Waals surface area (Å²) in [7, 11) is -0.584. The third-order valence-corrected chi connectivity index (χ3v) is 6.93. The predicted molar refractivity (Wildman–Crippen MR) is 130 cm³/mol. The lowest BCUT2D eigenvalue weighted by Gasteiger charge is -2.46. The fourth-order valence-corrected chi connectivity index (χ4v) is 4.55. The molecule has 2 saturated heterocycles. The third kappa shape index (κ3) is 5.33. The van der Waals surface area contributed by atoms with Crippen LogP contribution in [0, 0.1) is 0 Å². The van der Waals surface area contributed by atoms with Crippen molar-refractivity contribution >= 4 is 36.2 Å². The minimum absolute atomic E-state index is 0.0622. The van der Waals surface area contributed by atoms with Crippen LogP contribution in [0.2, 0.25) is 5.02 Å². The van der Waals surface area contributed by atoms with Gasteiger partial charge in [-0.2, -0.15) is 0 Å². The van der Waals surface area contributed by atoms with Gasteiger partial charge >= 0.3 is 13.2 Å². The van der Waals surface area contributed by atoms with E-state index in [0.29, 0.717) is 18.1 Å². The number of hydrogen-bond acceptors (Lipinski definition) is 5. The zero-order valence-corrected chi connectivity index (χ0v) is 21.9. The van der Waals surface area contributed by atoms with Gasteiger partial charge in [-0.3, -0.25) is 4.79 Å². The van der Waals surface area contributed by atoms with Crippen LogP contribution in [0.1, 0.15) is 73.9 Å². The lowest BCUT2D eigenvalue weighted by Crippen LogP contribution is -2.57. The van der Waals surface area contributed by atoms with E-state index in [1.807, 2.05) is 73.6 Å². The molecule has 1 aromatic rings. The third-order valence-electron chi connectivity index (χ3n) is 6.71. The lowest BCUT2D eigenvalue weighted by atomic mass is 9.77. The molecule has 2 aliphatic rings. The average Bonchev–Trinajstić information content (AvgIpc) is 2.86. The Hall–Kier alpha value is -1.77. The summed E-state index contributed by atoms with van der Waals surface area (Å²) in [4.78, 5) is 28.9. The van der Waals surface area contributed by atoms with Crippen LogP contribution in [0.5, 0.6) is 0 Å². The molecule has 2 fully saturated rings. The van der Waals surface area contributed by atoms with Gasteiger partial charge in [-0.25, -0.2) is 4.79 Å². The number of carbonyl (C=O) groups is 2. The second-order valence-corrected chi connectivity index (χ2v) is 11.4. The summed E-state index contributed by atoms with van der Waals surface area (Å²) in [6, 6.07) is 4.92. The summed E-state index contributed by atoms with van der Waals surface area (Å²) in [5.41, 5.74) is 0.0164. The summed E-state index contributed by atoms with van der Waals surface area (Å²) >= 11 is 6.53. The van der Waals surface area contributed by atoms with Crippen LogP contribution in [0.4, 0.5) is 4.79 Å². The Kier molecular flexibility index (Phi) is 6.88. The molecule has 2 heterocycles. The van der Waals surface area contributed by atoms with Crippen LogP contribution in [0.15, 0.2) is 18.2 Å². The van der Waals surface area contributed by atoms with Crippen LogP contribution in [-0.2, 0) is 18.8 Å². The van der Waals surface area contributed by atoms with E-state index in [2.05, 4.69) is 0 Å². The number of nitrogens with zero attached hydrogens (tertiary/aromatic N) is 2. The van der Waals surface area contributed by atoms with Crippen LogP contribution >= 0.6 is 11.6 Å². The number of ether oxygens (including phenoxy) is 1. The molecular weight excluding hydrogens is 443 g/mol. The summed E-state index contributed by atoms with van der Waals surface area (Å²) in [6.07, 6.45) is -0.392. The molecule has 2 atom stereocenters. The van der Waals surface area contributed by atoms with Gasteiger partial charge in [0.25, 0.3) is 0 Å². The molecule has 2 amide bonds. The molecule has 33 heavy (non-hydrogen) atoms. The highest BCUT2D eigenvalue weighted by Gasteiger charge is 2.52. The Morgan fingerprint density at radius 1 is 1.06 bits per heavy atom. The van der Waals surface area contributed by atoms with E-state index in [1.165, 1.54) is 0 Å². The van der Waals surface area contributed by atoms with E-state index in [4.69, 9.17) is 25.6 Å². The summed E-state index contributed by atoms with van der Waals surface area (Å²) in [5, 5.41) is 0.516. The van der Waals surface area contributed by atoms with Crippen LogP contribution in [0.3, 0.4) is 0 Å². The van der Waals surface area contributed by atoms with Crippen molar-refractivity contribution in [2.24, 2.45) is 0 Å². The molecule has 0 bridgehead atoms. The Bertz CT molecular complexity index is 914. The van der Waals surface area contributed by atoms with E-state index in [0.717, 1.165) is 11.0 Å². The molecule has 182 valence electrons. The standard InChI is InChI=1S/C24H36BClN2O5/c1-15-20(28(16(2)29)11-10-27(15)21(30)31-22(3,4)5)17-12-18(14-19(26)13-17)25-32-23(6,7)24(8,9)33-25/h12-15,20H,10-11H2,1-9H3/t15-,20+/m1/s1. The molecule has 0 N–H and O–H groups in total. The number of amides is 2. The van der Waals surface area contributed by atoms with Crippen molar-refractivity contribution in [2.75, 3.05) is 13.1 Å². The Morgan fingerprint density at radius 2 is 1.61 bits per heavy atom. The maximum atomic E-state index is 12.9. The molecule has 0 spiro atoms. The van der Waals surface area contributed by atoms with Gasteiger partial charge in [0.15, 0.2) is 0 Å². The van der Waals surface area contributed by atoms with Gasteiger partial charge in [0.1, 0.15) is 5.60 Å². The average molecular weight is 479 g/mol. The number of benzene rings is 1. The lowest BCUT2D eigenvalue weighted by molar-refractivity contribution is -0.136. The second kappa shape index (κ2) is 8.79. The normalized spacial score (nSPS) is 24.7. The van der Waals surface area contributed by atoms with E-state index in [-0.39, 0.29) is 18.0 Å². The van der Waals surface area contributed by atoms with Gasteiger partial charge in [-0.1, -0.05) is 17.7 Å². The Morgan fingerprint density at radius 3 is 2.12 bits per heavy atom. The zero-order chi connectivity index (χ0) is 24.9. The number of rotatable bonds is 2. The van der Waals surface area contributed by atoms with Crippen molar-refractivity contribution in [1.29, 1.82) is 0 Å². The predicted octanol–water partition coefficient (Wildman–Crippen LogP) is 4.17. The Balaban J connectivity index is 1.98. The molecule has 1 aromatic carbocycles. The number of hydrogen-bond donors (Lipinski definition) is 0. The number of halogens is 1. The van der Waals surface area contributed by atoms with E-state index < -0.39 is 30.0 Å². The van der Waals surface area contributed by atoms with Crippen molar-refractivity contribution in [1.82, 2.24) is 9.80 Å².